The van der Waals surface area contributed by atoms with Crippen molar-refractivity contribution < 1.29 is 4.79 Å². The third-order valence-electron chi connectivity index (χ3n) is 3.15. The lowest BCUT2D eigenvalue weighted by molar-refractivity contribution is -0.120. The topological polar surface area (TPSA) is 41.1 Å². The number of hydrogen-bond donors (Lipinski definition) is 2. The summed E-state index contributed by atoms with van der Waals surface area (Å²) >= 11 is 15.5. The van der Waals surface area contributed by atoms with Gasteiger partial charge in [0.1, 0.15) is 0 Å². The second-order valence-electron chi connectivity index (χ2n) is 4.65. The van der Waals surface area contributed by atoms with Crippen molar-refractivity contribution in [2.45, 2.75) is 31.7 Å². The maximum Gasteiger partial charge on any atom is 0.239 e. The number of anilines is 1. The van der Waals surface area contributed by atoms with Crippen LogP contribution < -0.4 is 10.6 Å². The van der Waals surface area contributed by atoms with Gasteiger partial charge in [-0.15, -0.1) is 0 Å². The van der Waals surface area contributed by atoms with E-state index in [-0.39, 0.29) is 12.5 Å². The van der Waals surface area contributed by atoms with E-state index in [1.165, 1.54) is 12.8 Å². The molecule has 0 spiro atoms. The fourth-order valence-electron chi connectivity index (χ4n) is 2.23. The van der Waals surface area contributed by atoms with Gasteiger partial charge in [-0.1, -0.05) is 52.0 Å². The van der Waals surface area contributed by atoms with Gasteiger partial charge in [0, 0.05) is 10.5 Å². The van der Waals surface area contributed by atoms with Crippen LogP contribution in [-0.4, -0.2) is 18.5 Å². The van der Waals surface area contributed by atoms with Crippen molar-refractivity contribution in [2.24, 2.45) is 0 Å². The van der Waals surface area contributed by atoms with E-state index in [9.17, 15) is 4.79 Å². The highest BCUT2D eigenvalue weighted by Gasteiger charge is 2.17. The molecule has 0 saturated heterocycles. The standard InChI is InChI=1S/C13H15BrCl2N2O/c14-8-5-10(15)13(11(16)6-8)17-7-12(19)18-9-3-1-2-4-9/h5-6,9,17H,1-4,7H2,(H,18,19). The molecular formula is C13H15BrCl2N2O. The quantitative estimate of drug-likeness (QED) is 0.838. The number of nitrogens with one attached hydrogen (secondary N) is 2. The molecular weight excluding hydrogens is 351 g/mol. The molecule has 0 aliphatic heterocycles. The third kappa shape index (κ3) is 4.26. The lowest BCUT2D eigenvalue weighted by Crippen LogP contribution is -2.36. The second kappa shape index (κ2) is 6.82. The molecule has 104 valence electrons. The molecule has 3 nitrogen and oxygen atoms in total. The van der Waals surface area contributed by atoms with E-state index in [4.69, 9.17) is 23.2 Å². The molecule has 2 rings (SSSR count). The second-order valence-corrected chi connectivity index (χ2v) is 6.38. The summed E-state index contributed by atoms with van der Waals surface area (Å²) in [5.74, 6) is -0.0260. The molecule has 1 saturated carbocycles. The van der Waals surface area contributed by atoms with Gasteiger partial charge in [0.15, 0.2) is 0 Å². The maximum absolute atomic E-state index is 11.8. The Hall–Kier alpha value is -0.450. The average Bonchev–Trinajstić information content (AvgIpc) is 2.80. The maximum atomic E-state index is 11.8. The van der Waals surface area contributed by atoms with Gasteiger partial charge in [0.2, 0.25) is 5.91 Å². The predicted octanol–water partition coefficient (Wildman–Crippen LogP) is 4.23. The summed E-state index contributed by atoms with van der Waals surface area (Å²) in [5, 5.41) is 6.98. The molecule has 2 N–H and O–H groups in total. The van der Waals surface area contributed by atoms with Gasteiger partial charge in [-0.05, 0) is 25.0 Å². The highest BCUT2D eigenvalue weighted by atomic mass is 79.9. The zero-order chi connectivity index (χ0) is 13.8. The minimum absolute atomic E-state index is 0.0260. The molecule has 1 fully saturated rings. The van der Waals surface area contributed by atoms with Gasteiger partial charge in [-0.25, -0.2) is 0 Å². The van der Waals surface area contributed by atoms with Crippen LogP contribution in [0.4, 0.5) is 5.69 Å². The summed E-state index contributed by atoms with van der Waals surface area (Å²) in [6.07, 6.45) is 4.54. The first-order valence-electron chi connectivity index (χ1n) is 6.24. The summed E-state index contributed by atoms with van der Waals surface area (Å²) in [6.45, 7) is 0.178. The van der Waals surface area contributed by atoms with Crippen LogP contribution in [0.5, 0.6) is 0 Å². The molecule has 1 aliphatic carbocycles. The molecule has 0 radical (unpaired) electrons. The first-order chi connectivity index (χ1) is 9.06. The largest absolute Gasteiger partial charge is 0.374 e. The highest BCUT2D eigenvalue weighted by Crippen LogP contribution is 2.33. The van der Waals surface area contributed by atoms with Gasteiger partial charge in [0.05, 0.1) is 22.3 Å². The summed E-state index contributed by atoms with van der Waals surface area (Å²) < 4.78 is 0.809. The van der Waals surface area contributed by atoms with Crippen molar-refractivity contribution in [3.8, 4) is 0 Å². The third-order valence-corrected chi connectivity index (χ3v) is 4.21. The summed E-state index contributed by atoms with van der Waals surface area (Å²) in [5.41, 5.74) is 0.591. The number of amides is 1. The number of carbonyl (C=O) groups is 1. The number of rotatable bonds is 4. The Bertz CT molecular complexity index is 453. The van der Waals surface area contributed by atoms with Crippen LogP contribution in [-0.2, 0) is 4.79 Å². The smallest absolute Gasteiger partial charge is 0.239 e. The van der Waals surface area contributed by atoms with Crippen LogP contribution in [0, 0.1) is 0 Å². The lowest BCUT2D eigenvalue weighted by Gasteiger charge is -2.14. The van der Waals surface area contributed by atoms with E-state index in [0.29, 0.717) is 21.8 Å². The van der Waals surface area contributed by atoms with Crippen molar-refractivity contribution >= 4 is 50.7 Å². The van der Waals surface area contributed by atoms with Gasteiger partial charge in [-0.3, -0.25) is 4.79 Å². The Morgan fingerprint density at radius 2 is 1.84 bits per heavy atom. The Balaban J connectivity index is 1.89. The van der Waals surface area contributed by atoms with E-state index in [2.05, 4.69) is 26.6 Å². The molecule has 6 heteroatoms. The molecule has 1 aliphatic rings. The SMILES string of the molecule is O=C(CNc1c(Cl)cc(Br)cc1Cl)NC1CCCC1. The molecule has 1 amide bonds. The lowest BCUT2D eigenvalue weighted by atomic mass is 10.2. The molecule has 1 aromatic carbocycles. The normalized spacial score (nSPS) is 15.5. The van der Waals surface area contributed by atoms with Gasteiger partial charge in [-0.2, -0.15) is 0 Å². The molecule has 19 heavy (non-hydrogen) atoms. The fraction of sp³-hybridized carbons (Fsp3) is 0.462. The van der Waals surface area contributed by atoms with Crippen LogP contribution in [0.3, 0.4) is 0 Å². The van der Waals surface area contributed by atoms with Crippen molar-refractivity contribution in [3.63, 3.8) is 0 Å². The molecule has 1 aromatic rings. The van der Waals surface area contributed by atoms with Crippen LogP contribution in [0.15, 0.2) is 16.6 Å². The Morgan fingerprint density at radius 1 is 1.26 bits per heavy atom. The molecule has 0 aromatic heterocycles. The molecule has 0 unspecified atom stereocenters. The van der Waals surface area contributed by atoms with Crippen molar-refractivity contribution in [1.29, 1.82) is 0 Å². The number of hydrogen-bond acceptors (Lipinski definition) is 2. The minimum Gasteiger partial charge on any atom is -0.374 e. The van der Waals surface area contributed by atoms with Crippen LogP contribution >= 0.6 is 39.1 Å². The summed E-state index contributed by atoms with van der Waals surface area (Å²) in [4.78, 5) is 11.8. The molecule has 0 heterocycles. The fourth-order valence-corrected chi connectivity index (χ4v) is 3.57. The van der Waals surface area contributed by atoms with Crippen LogP contribution in [0.1, 0.15) is 25.7 Å². The zero-order valence-corrected chi connectivity index (χ0v) is 13.4. The number of halogens is 3. The first-order valence-corrected chi connectivity index (χ1v) is 7.79. The van der Waals surface area contributed by atoms with Gasteiger partial charge in [0.25, 0.3) is 0 Å². The first kappa shape index (κ1) is 14.9. The molecule has 0 bridgehead atoms. The van der Waals surface area contributed by atoms with Crippen molar-refractivity contribution in [3.05, 3.63) is 26.7 Å². The van der Waals surface area contributed by atoms with E-state index in [1.54, 1.807) is 12.1 Å². The molecule has 0 atom stereocenters. The monoisotopic (exact) mass is 364 g/mol. The zero-order valence-electron chi connectivity index (χ0n) is 10.3. The van der Waals surface area contributed by atoms with Crippen molar-refractivity contribution in [2.75, 3.05) is 11.9 Å². The summed E-state index contributed by atoms with van der Waals surface area (Å²) in [7, 11) is 0. The van der Waals surface area contributed by atoms with E-state index in [1.807, 2.05) is 0 Å². The van der Waals surface area contributed by atoms with E-state index < -0.39 is 0 Å². The van der Waals surface area contributed by atoms with Gasteiger partial charge < -0.3 is 10.6 Å². The van der Waals surface area contributed by atoms with Crippen molar-refractivity contribution in [1.82, 2.24) is 5.32 Å². The van der Waals surface area contributed by atoms with E-state index in [0.717, 1.165) is 17.3 Å². The Morgan fingerprint density at radius 3 is 2.42 bits per heavy atom. The highest BCUT2D eigenvalue weighted by molar-refractivity contribution is 9.10. The minimum atomic E-state index is -0.0260. The Labute approximate surface area is 131 Å². The average molecular weight is 366 g/mol. The van der Waals surface area contributed by atoms with Gasteiger partial charge >= 0.3 is 0 Å². The van der Waals surface area contributed by atoms with Crippen LogP contribution in [0.25, 0.3) is 0 Å². The predicted molar refractivity (Wildman–Crippen MR) is 83.1 cm³/mol. The number of carbonyl (C=O) groups excluding carboxylic acids is 1. The van der Waals surface area contributed by atoms with E-state index >= 15 is 0 Å². The Kier molecular flexibility index (Phi) is 5.37. The summed E-state index contributed by atoms with van der Waals surface area (Å²) in [6, 6.07) is 3.81. The number of benzene rings is 1. The van der Waals surface area contributed by atoms with Crippen LogP contribution in [0.2, 0.25) is 10.0 Å².